The van der Waals surface area contributed by atoms with Gasteiger partial charge in [-0.25, -0.2) is 0 Å². The van der Waals surface area contributed by atoms with Crippen molar-refractivity contribution in [3.63, 3.8) is 0 Å². The fraction of sp³-hybridized carbons (Fsp3) is 0.281. The molecule has 9 heteroatoms. The van der Waals surface area contributed by atoms with E-state index in [2.05, 4.69) is 69.3 Å². The molecule has 0 aliphatic carbocycles. The van der Waals surface area contributed by atoms with Crippen LogP contribution in [0.5, 0.6) is 0 Å². The van der Waals surface area contributed by atoms with E-state index in [1.54, 1.807) is 6.20 Å². The summed E-state index contributed by atoms with van der Waals surface area (Å²) < 4.78 is 7.79. The van der Waals surface area contributed by atoms with Gasteiger partial charge in [0.15, 0.2) is 5.11 Å². The van der Waals surface area contributed by atoms with Crippen LogP contribution in [-0.2, 0) is 9.53 Å². The molecule has 2 N–H and O–H groups in total. The fourth-order valence-electron chi connectivity index (χ4n) is 5.91. The second kappa shape index (κ2) is 11.7. The number of pyridine rings is 1. The van der Waals surface area contributed by atoms with Crippen molar-refractivity contribution in [2.75, 3.05) is 43.1 Å². The Kier molecular flexibility index (Phi) is 7.71. The third-order valence-corrected chi connectivity index (χ3v) is 8.19. The molecule has 4 heterocycles. The zero-order chi connectivity index (χ0) is 28.3. The van der Waals surface area contributed by atoms with Gasteiger partial charge in [-0.15, -0.1) is 0 Å². The van der Waals surface area contributed by atoms with Crippen LogP contribution < -0.4 is 15.5 Å². The highest BCUT2D eigenvalue weighted by Gasteiger charge is 2.42. The Morgan fingerprint density at radius 2 is 1.71 bits per heavy atom. The molecule has 2 aliphatic rings. The Bertz CT molecular complexity index is 1520. The second-order valence-corrected chi connectivity index (χ2v) is 10.8. The molecule has 2 saturated heterocycles. The topological polar surface area (TPSA) is 74.7 Å². The first-order chi connectivity index (χ1) is 20.0. The molecular formula is C32H34N6O2S. The molecule has 2 aromatic carbocycles. The summed E-state index contributed by atoms with van der Waals surface area (Å²) in [4.78, 5) is 22.2. The number of nitrogens with zero attached hydrogens (tertiary/aromatic N) is 4. The summed E-state index contributed by atoms with van der Waals surface area (Å²) >= 11 is 5.82. The molecule has 0 saturated carbocycles. The molecule has 0 radical (unpaired) electrons. The summed E-state index contributed by atoms with van der Waals surface area (Å²) in [5.41, 5.74) is 7.26. The average molecular weight is 567 g/mol. The normalized spacial score (nSPS) is 18.8. The highest BCUT2D eigenvalue weighted by atomic mass is 32.1. The van der Waals surface area contributed by atoms with Crippen molar-refractivity contribution >= 4 is 34.6 Å². The molecule has 8 nitrogen and oxygen atoms in total. The predicted octanol–water partition coefficient (Wildman–Crippen LogP) is 4.94. The van der Waals surface area contributed by atoms with Gasteiger partial charge in [0, 0.05) is 47.7 Å². The Balaban J connectivity index is 1.33. The number of anilines is 2. The van der Waals surface area contributed by atoms with Crippen molar-refractivity contribution in [2.24, 2.45) is 0 Å². The molecule has 0 bridgehead atoms. The van der Waals surface area contributed by atoms with Crippen molar-refractivity contribution in [1.82, 2.24) is 19.8 Å². The lowest BCUT2D eigenvalue weighted by atomic mass is 9.96. The maximum Gasteiger partial charge on any atom is 0.244 e. The Morgan fingerprint density at radius 3 is 2.41 bits per heavy atom. The summed E-state index contributed by atoms with van der Waals surface area (Å²) in [6.45, 7) is 7.70. The van der Waals surface area contributed by atoms with Crippen LogP contribution in [0.25, 0.3) is 5.69 Å². The maximum absolute atomic E-state index is 13.2. The molecule has 0 spiro atoms. The van der Waals surface area contributed by atoms with Crippen LogP contribution >= 0.6 is 12.2 Å². The van der Waals surface area contributed by atoms with Gasteiger partial charge in [0.05, 0.1) is 31.0 Å². The molecule has 4 aromatic rings. The quantitative estimate of drug-likeness (QED) is 0.307. The second-order valence-electron chi connectivity index (χ2n) is 10.4. The van der Waals surface area contributed by atoms with Crippen molar-refractivity contribution in [3.8, 4) is 5.69 Å². The third kappa shape index (κ3) is 5.55. The van der Waals surface area contributed by atoms with Gasteiger partial charge in [-0.2, -0.15) is 0 Å². The number of hydrogen-bond donors (Lipinski definition) is 2. The summed E-state index contributed by atoms with van der Waals surface area (Å²) in [6, 6.07) is 25.9. The molecule has 2 atom stereocenters. The van der Waals surface area contributed by atoms with Gasteiger partial charge in [0.25, 0.3) is 0 Å². The van der Waals surface area contributed by atoms with E-state index in [1.807, 2.05) is 53.4 Å². The lowest BCUT2D eigenvalue weighted by molar-refractivity contribution is -0.116. The number of carbonyl (C=O) groups excluding carboxylic acids is 1. The number of carbonyl (C=O) groups is 1. The summed E-state index contributed by atoms with van der Waals surface area (Å²) in [7, 11) is 0. The fourth-order valence-corrected chi connectivity index (χ4v) is 6.21. The molecule has 2 aromatic heterocycles. The van der Waals surface area contributed by atoms with Gasteiger partial charge in [-0.3, -0.25) is 9.78 Å². The average Bonchev–Trinajstić information content (AvgIpc) is 3.48. The molecular weight excluding hydrogens is 532 g/mol. The first-order valence-electron chi connectivity index (χ1n) is 13.9. The number of para-hydroxylation sites is 1. The zero-order valence-electron chi connectivity index (χ0n) is 23.3. The van der Waals surface area contributed by atoms with Crippen LogP contribution in [0.2, 0.25) is 0 Å². The summed E-state index contributed by atoms with van der Waals surface area (Å²) in [5, 5.41) is 7.01. The van der Waals surface area contributed by atoms with Crippen molar-refractivity contribution in [3.05, 3.63) is 108 Å². The lowest BCUT2D eigenvalue weighted by Gasteiger charge is -2.29. The van der Waals surface area contributed by atoms with E-state index >= 15 is 0 Å². The molecule has 41 heavy (non-hydrogen) atoms. The van der Waals surface area contributed by atoms with Crippen LogP contribution in [0.3, 0.4) is 0 Å². The van der Waals surface area contributed by atoms with Gasteiger partial charge in [0.1, 0.15) is 6.54 Å². The van der Waals surface area contributed by atoms with Crippen LogP contribution in [-0.4, -0.2) is 58.3 Å². The number of thiocarbonyl (C=S) groups is 1. The number of hydrogen-bond acceptors (Lipinski definition) is 5. The maximum atomic E-state index is 13.2. The SMILES string of the molecule is Cc1cc(C2C(c3ccccn3)NC(=S)N2CC(=O)Nc2ccccc2)c(C)n1-c1ccc(N2CCOCC2)cc1. The van der Waals surface area contributed by atoms with E-state index in [-0.39, 0.29) is 24.5 Å². The highest BCUT2D eigenvalue weighted by Crippen LogP contribution is 2.41. The van der Waals surface area contributed by atoms with E-state index in [0.29, 0.717) is 5.11 Å². The van der Waals surface area contributed by atoms with E-state index in [9.17, 15) is 4.79 Å². The Labute approximate surface area is 245 Å². The molecule has 1 amide bonds. The number of amides is 1. The lowest BCUT2D eigenvalue weighted by Crippen LogP contribution is -2.37. The zero-order valence-corrected chi connectivity index (χ0v) is 24.1. The van der Waals surface area contributed by atoms with Crippen LogP contribution in [0.4, 0.5) is 11.4 Å². The van der Waals surface area contributed by atoms with Crippen molar-refractivity contribution in [1.29, 1.82) is 0 Å². The number of ether oxygens (including phenoxy) is 1. The van der Waals surface area contributed by atoms with Crippen LogP contribution in [0, 0.1) is 13.8 Å². The van der Waals surface area contributed by atoms with E-state index < -0.39 is 0 Å². The monoisotopic (exact) mass is 566 g/mol. The van der Waals surface area contributed by atoms with E-state index in [4.69, 9.17) is 17.0 Å². The highest BCUT2D eigenvalue weighted by molar-refractivity contribution is 7.80. The predicted molar refractivity (Wildman–Crippen MR) is 166 cm³/mol. The molecule has 2 unspecified atom stereocenters. The smallest absolute Gasteiger partial charge is 0.244 e. The minimum atomic E-state index is -0.216. The number of morpholine rings is 1. The van der Waals surface area contributed by atoms with Gasteiger partial charge < -0.3 is 29.7 Å². The molecule has 2 fully saturated rings. The minimum Gasteiger partial charge on any atom is -0.378 e. The van der Waals surface area contributed by atoms with Gasteiger partial charge in [-0.05, 0) is 86.2 Å². The third-order valence-electron chi connectivity index (χ3n) is 7.84. The van der Waals surface area contributed by atoms with Gasteiger partial charge >= 0.3 is 0 Å². The molecule has 6 rings (SSSR count). The van der Waals surface area contributed by atoms with Gasteiger partial charge in [-0.1, -0.05) is 24.3 Å². The van der Waals surface area contributed by atoms with Crippen molar-refractivity contribution < 1.29 is 9.53 Å². The number of benzene rings is 2. The number of rotatable bonds is 7. The summed E-state index contributed by atoms with van der Waals surface area (Å²) in [5.74, 6) is -0.125. The van der Waals surface area contributed by atoms with Crippen LogP contribution in [0.1, 0.15) is 34.7 Å². The number of aryl methyl sites for hydroxylation is 1. The first-order valence-corrected chi connectivity index (χ1v) is 14.4. The summed E-state index contributed by atoms with van der Waals surface area (Å²) in [6.07, 6.45) is 1.79. The van der Waals surface area contributed by atoms with Gasteiger partial charge in [0.2, 0.25) is 5.91 Å². The number of nitrogens with one attached hydrogen (secondary N) is 2. The van der Waals surface area contributed by atoms with E-state index in [0.717, 1.165) is 60.3 Å². The van der Waals surface area contributed by atoms with Crippen LogP contribution in [0.15, 0.2) is 85.1 Å². The largest absolute Gasteiger partial charge is 0.378 e. The number of aromatic nitrogens is 2. The van der Waals surface area contributed by atoms with Crippen molar-refractivity contribution in [2.45, 2.75) is 25.9 Å². The first kappa shape index (κ1) is 27.0. The van der Waals surface area contributed by atoms with E-state index in [1.165, 1.54) is 5.69 Å². The molecule has 2 aliphatic heterocycles. The molecule has 210 valence electrons. The Morgan fingerprint density at radius 1 is 1.00 bits per heavy atom. The Hall–Kier alpha value is -4.21. The standard InChI is InChI=1S/C32H34N6O2S/c1-22-20-27(23(2)38(22)26-13-11-25(12-14-26)36-16-18-40-19-17-36)31-30(28-10-6-7-15-33-28)35-32(41)37(31)21-29(39)34-24-8-4-3-5-9-24/h3-15,20,30-31H,16-19,21H2,1-2H3,(H,34,39)(H,35,41). The minimum absolute atomic E-state index is 0.118.